The molecule has 0 spiro atoms. The minimum absolute atomic E-state index is 0.440. The van der Waals surface area contributed by atoms with Crippen LogP contribution in [0.4, 0.5) is 0 Å². The summed E-state index contributed by atoms with van der Waals surface area (Å²) in [6, 6.07) is 6.52. The van der Waals surface area contributed by atoms with Crippen LogP contribution in [-0.4, -0.2) is 6.10 Å². The quantitative estimate of drug-likeness (QED) is 0.737. The SMILES string of the molecule is CCC1CCCCC1Oc1cc(C)cc(C)c1. The Morgan fingerprint density at radius 1 is 1.06 bits per heavy atom. The second-order valence-electron chi connectivity index (χ2n) is 5.43. The molecule has 2 unspecified atom stereocenters. The Hall–Kier alpha value is -0.980. The minimum Gasteiger partial charge on any atom is -0.490 e. The van der Waals surface area contributed by atoms with Gasteiger partial charge in [0.25, 0.3) is 0 Å². The predicted octanol–water partition coefficient (Wildman–Crippen LogP) is 4.65. The van der Waals surface area contributed by atoms with E-state index < -0.39 is 0 Å². The lowest BCUT2D eigenvalue weighted by molar-refractivity contribution is 0.0903. The summed E-state index contributed by atoms with van der Waals surface area (Å²) in [5.74, 6) is 1.82. The highest BCUT2D eigenvalue weighted by atomic mass is 16.5. The third-order valence-electron chi connectivity index (χ3n) is 3.85. The van der Waals surface area contributed by atoms with Crippen LogP contribution in [0.5, 0.6) is 5.75 Å². The molecule has 1 nitrogen and oxygen atoms in total. The van der Waals surface area contributed by atoms with Gasteiger partial charge < -0.3 is 4.74 Å². The van der Waals surface area contributed by atoms with E-state index in [1.54, 1.807) is 0 Å². The van der Waals surface area contributed by atoms with Gasteiger partial charge >= 0.3 is 0 Å². The number of hydrogen-bond donors (Lipinski definition) is 0. The van der Waals surface area contributed by atoms with Crippen molar-refractivity contribution in [1.29, 1.82) is 0 Å². The van der Waals surface area contributed by atoms with Crippen molar-refractivity contribution >= 4 is 0 Å². The van der Waals surface area contributed by atoms with Gasteiger partial charge in [0.05, 0.1) is 0 Å². The molecule has 94 valence electrons. The Morgan fingerprint density at radius 2 is 1.71 bits per heavy atom. The van der Waals surface area contributed by atoms with Crippen LogP contribution < -0.4 is 4.74 Å². The number of ether oxygens (including phenoxy) is 1. The molecule has 1 fully saturated rings. The van der Waals surface area contributed by atoms with Gasteiger partial charge in [-0.25, -0.2) is 0 Å². The van der Waals surface area contributed by atoms with Gasteiger partial charge in [-0.1, -0.05) is 19.4 Å². The van der Waals surface area contributed by atoms with Crippen LogP contribution in [0.15, 0.2) is 18.2 Å². The van der Waals surface area contributed by atoms with Crippen LogP contribution in [0.2, 0.25) is 0 Å². The normalized spacial score (nSPS) is 24.6. The van der Waals surface area contributed by atoms with E-state index in [2.05, 4.69) is 39.0 Å². The van der Waals surface area contributed by atoms with E-state index in [4.69, 9.17) is 4.74 Å². The number of aryl methyl sites for hydroxylation is 2. The lowest BCUT2D eigenvalue weighted by Gasteiger charge is -2.31. The van der Waals surface area contributed by atoms with Gasteiger partial charge in [-0.2, -0.15) is 0 Å². The van der Waals surface area contributed by atoms with Crippen molar-refractivity contribution in [2.24, 2.45) is 5.92 Å². The van der Waals surface area contributed by atoms with Crippen LogP contribution in [0.25, 0.3) is 0 Å². The number of benzene rings is 1. The fourth-order valence-electron chi connectivity index (χ4n) is 2.97. The molecule has 0 heterocycles. The highest BCUT2D eigenvalue weighted by molar-refractivity contribution is 5.33. The first-order chi connectivity index (χ1) is 8.19. The summed E-state index contributed by atoms with van der Waals surface area (Å²) in [5, 5.41) is 0. The highest BCUT2D eigenvalue weighted by Crippen LogP contribution is 2.31. The van der Waals surface area contributed by atoms with Gasteiger partial charge in [-0.3, -0.25) is 0 Å². The summed E-state index contributed by atoms with van der Waals surface area (Å²) in [5.41, 5.74) is 2.59. The monoisotopic (exact) mass is 232 g/mol. The fraction of sp³-hybridized carbons (Fsp3) is 0.625. The van der Waals surface area contributed by atoms with Crippen LogP contribution in [0, 0.1) is 19.8 Å². The van der Waals surface area contributed by atoms with Crippen molar-refractivity contribution in [2.75, 3.05) is 0 Å². The lowest BCUT2D eigenvalue weighted by atomic mass is 9.85. The van der Waals surface area contributed by atoms with E-state index in [1.807, 2.05) is 0 Å². The smallest absolute Gasteiger partial charge is 0.120 e. The molecule has 0 aromatic heterocycles. The second kappa shape index (κ2) is 5.57. The van der Waals surface area contributed by atoms with E-state index in [-0.39, 0.29) is 0 Å². The summed E-state index contributed by atoms with van der Waals surface area (Å²) in [4.78, 5) is 0. The molecule has 1 saturated carbocycles. The average molecular weight is 232 g/mol. The molecule has 1 aliphatic carbocycles. The Morgan fingerprint density at radius 3 is 2.35 bits per heavy atom. The maximum atomic E-state index is 6.22. The van der Waals surface area contributed by atoms with Gasteiger partial charge in [-0.05, 0) is 68.7 Å². The first-order valence-electron chi connectivity index (χ1n) is 6.94. The molecule has 0 radical (unpaired) electrons. The minimum atomic E-state index is 0.440. The molecular formula is C16H24O. The maximum Gasteiger partial charge on any atom is 0.120 e. The van der Waals surface area contributed by atoms with E-state index >= 15 is 0 Å². The van der Waals surface area contributed by atoms with E-state index in [9.17, 15) is 0 Å². The maximum absolute atomic E-state index is 6.22. The lowest BCUT2D eigenvalue weighted by Crippen LogP contribution is -2.29. The number of rotatable bonds is 3. The zero-order valence-electron chi connectivity index (χ0n) is 11.3. The molecule has 0 bridgehead atoms. The van der Waals surface area contributed by atoms with Crippen molar-refractivity contribution in [2.45, 2.75) is 59.0 Å². The van der Waals surface area contributed by atoms with Crippen molar-refractivity contribution in [3.63, 3.8) is 0 Å². The van der Waals surface area contributed by atoms with Gasteiger partial charge in [0.15, 0.2) is 0 Å². The van der Waals surface area contributed by atoms with Gasteiger partial charge in [0.1, 0.15) is 11.9 Å². The summed E-state index contributed by atoms with van der Waals surface area (Å²) < 4.78 is 6.22. The zero-order valence-corrected chi connectivity index (χ0v) is 11.3. The Kier molecular flexibility index (Phi) is 4.09. The molecule has 17 heavy (non-hydrogen) atoms. The standard InChI is InChI=1S/C16H24O/c1-4-14-7-5-6-8-16(14)17-15-10-12(2)9-13(3)11-15/h9-11,14,16H,4-8H2,1-3H3. The molecule has 2 rings (SSSR count). The molecule has 1 heteroatoms. The predicted molar refractivity (Wildman–Crippen MR) is 72.6 cm³/mol. The van der Waals surface area contributed by atoms with Gasteiger partial charge in [-0.15, -0.1) is 0 Å². The Bertz CT molecular complexity index is 350. The summed E-state index contributed by atoms with van der Waals surface area (Å²) in [6.07, 6.45) is 6.96. The molecule has 0 saturated heterocycles. The third kappa shape index (κ3) is 3.24. The Balaban J connectivity index is 2.08. The van der Waals surface area contributed by atoms with Crippen LogP contribution in [0.1, 0.15) is 50.2 Å². The van der Waals surface area contributed by atoms with Gasteiger partial charge in [0.2, 0.25) is 0 Å². The number of hydrogen-bond acceptors (Lipinski definition) is 1. The molecule has 0 amide bonds. The van der Waals surface area contributed by atoms with Crippen molar-refractivity contribution in [3.8, 4) is 5.75 Å². The van der Waals surface area contributed by atoms with Gasteiger partial charge in [0, 0.05) is 0 Å². The average Bonchev–Trinajstić information content (AvgIpc) is 2.28. The fourth-order valence-corrected chi connectivity index (χ4v) is 2.97. The first-order valence-corrected chi connectivity index (χ1v) is 6.94. The zero-order chi connectivity index (χ0) is 12.3. The highest BCUT2D eigenvalue weighted by Gasteiger charge is 2.25. The molecule has 0 aliphatic heterocycles. The third-order valence-corrected chi connectivity index (χ3v) is 3.85. The van der Waals surface area contributed by atoms with E-state index in [1.165, 1.54) is 43.2 Å². The van der Waals surface area contributed by atoms with Crippen LogP contribution in [-0.2, 0) is 0 Å². The second-order valence-corrected chi connectivity index (χ2v) is 5.43. The molecular weight excluding hydrogens is 208 g/mol. The summed E-state index contributed by atoms with van der Waals surface area (Å²) in [7, 11) is 0. The first kappa shape index (κ1) is 12.5. The molecule has 1 aromatic carbocycles. The molecule has 1 aliphatic rings. The van der Waals surface area contributed by atoms with Crippen LogP contribution in [0.3, 0.4) is 0 Å². The van der Waals surface area contributed by atoms with Crippen molar-refractivity contribution in [3.05, 3.63) is 29.3 Å². The topological polar surface area (TPSA) is 9.23 Å². The molecule has 1 aromatic rings. The van der Waals surface area contributed by atoms with Crippen molar-refractivity contribution in [1.82, 2.24) is 0 Å². The Labute approximate surface area is 105 Å². The summed E-state index contributed by atoms with van der Waals surface area (Å²) in [6.45, 7) is 6.56. The van der Waals surface area contributed by atoms with Crippen LogP contribution >= 0.6 is 0 Å². The van der Waals surface area contributed by atoms with Crippen molar-refractivity contribution < 1.29 is 4.74 Å². The van der Waals surface area contributed by atoms with E-state index in [0.717, 1.165) is 11.7 Å². The molecule has 2 atom stereocenters. The largest absolute Gasteiger partial charge is 0.490 e. The molecule has 0 N–H and O–H groups in total. The van der Waals surface area contributed by atoms with E-state index in [0.29, 0.717) is 6.10 Å². The summed E-state index contributed by atoms with van der Waals surface area (Å²) >= 11 is 0.